The number of anilines is 2. The highest BCUT2D eigenvalue weighted by atomic mass is 32.1. The largest absolute Gasteiger partial charge is 0.530 e. The monoisotopic (exact) mass is 332 g/mol. The van der Waals surface area contributed by atoms with Gasteiger partial charge in [0.25, 0.3) is 0 Å². The number of thiazole rings is 1. The summed E-state index contributed by atoms with van der Waals surface area (Å²) in [6, 6.07) is 6.84. The first-order valence-electron chi connectivity index (χ1n) is 6.77. The van der Waals surface area contributed by atoms with Crippen LogP contribution in [-0.2, 0) is 17.6 Å². The lowest BCUT2D eigenvalue weighted by Crippen LogP contribution is -2.28. The number of aryl methyl sites for hydroxylation is 2. The SMILES string of the molecule is CC(=O)Nc1nc(CCc2ccc(NC(=O)[O-])cc2)c(C=O)s1. The first-order valence-corrected chi connectivity index (χ1v) is 7.59. The molecule has 0 aliphatic heterocycles. The molecule has 2 aromatic rings. The molecule has 0 fully saturated rings. The van der Waals surface area contributed by atoms with E-state index in [0.29, 0.717) is 34.2 Å². The molecule has 23 heavy (non-hydrogen) atoms. The molecule has 0 saturated carbocycles. The molecule has 1 aromatic carbocycles. The lowest BCUT2D eigenvalue weighted by molar-refractivity contribution is -0.242. The molecular weight excluding hydrogens is 318 g/mol. The second-order valence-electron chi connectivity index (χ2n) is 4.74. The Bertz CT molecular complexity index is 725. The van der Waals surface area contributed by atoms with Gasteiger partial charge >= 0.3 is 0 Å². The second kappa shape index (κ2) is 7.50. The molecule has 0 saturated heterocycles. The van der Waals surface area contributed by atoms with Crippen molar-refractivity contribution in [1.29, 1.82) is 0 Å². The van der Waals surface area contributed by atoms with Gasteiger partial charge in [-0.05, 0) is 30.5 Å². The van der Waals surface area contributed by atoms with E-state index in [-0.39, 0.29) is 5.91 Å². The molecule has 0 unspecified atom stereocenters. The van der Waals surface area contributed by atoms with Gasteiger partial charge in [-0.3, -0.25) is 9.59 Å². The quantitative estimate of drug-likeness (QED) is 0.778. The van der Waals surface area contributed by atoms with Gasteiger partial charge in [-0.1, -0.05) is 23.5 Å². The minimum Gasteiger partial charge on any atom is -0.530 e. The third-order valence-electron chi connectivity index (χ3n) is 2.97. The summed E-state index contributed by atoms with van der Waals surface area (Å²) in [6.07, 6.45) is 0.541. The highest BCUT2D eigenvalue weighted by Crippen LogP contribution is 2.23. The number of carbonyl (C=O) groups is 3. The summed E-state index contributed by atoms with van der Waals surface area (Å²) in [5.74, 6) is -0.237. The molecule has 0 aliphatic rings. The van der Waals surface area contributed by atoms with Crippen LogP contribution in [0.5, 0.6) is 0 Å². The van der Waals surface area contributed by atoms with E-state index in [9.17, 15) is 19.5 Å². The number of hydrogen-bond donors (Lipinski definition) is 2. The van der Waals surface area contributed by atoms with E-state index in [4.69, 9.17) is 0 Å². The van der Waals surface area contributed by atoms with Gasteiger partial charge in [-0.2, -0.15) is 0 Å². The second-order valence-corrected chi connectivity index (χ2v) is 5.77. The van der Waals surface area contributed by atoms with Crippen molar-refractivity contribution >= 4 is 40.4 Å². The maximum atomic E-state index is 11.1. The standard InChI is InChI=1S/C15H15N3O4S/c1-9(20)16-14-18-12(13(8-19)23-14)7-4-10-2-5-11(6-3-10)17-15(21)22/h2-3,5-6,8,17H,4,7H2,1H3,(H,21,22)(H,16,18,20)/p-1. The van der Waals surface area contributed by atoms with Gasteiger partial charge in [0, 0.05) is 12.6 Å². The third kappa shape index (κ3) is 4.89. The Morgan fingerprint density at radius 1 is 1.22 bits per heavy atom. The summed E-state index contributed by atoms with van der Waals surface area (Å²) in [4.78, 5) is 37.3. The van der Waals surface area contributed by atoms with E-state index in [1.807, 2.05) is 0 Å². The van der Waals surface area contributed by atoms with Crippen molar-refractivity contribution in [2.75, 3.05) is 10.6 Å². The molecule has 0 radical (unpaired) electrons. The van der Waals surface area contributed by atoms with E-state index in [2.05, 4.69) is 15.6 Å². The molecule has 7 nitrogen and oxygen atoms in total. The molecule has 8 heteroatoms. The van der Waals surface area contributed by atoms with Crippen LogP contribution in [0.3, 0.4) is 0 Å². The number of amides is 2. The fourth-order valence-corrected chi connectivity index (χ4v) is 2.85. The highest BCUT2D eigenvalue weighted by molar-refractivity contribution is 7.17. The Balaban J connectivity index is 2.02. The minimum atomic E-state index is -1.36. The van der Waals surface area contributed by atoms with Crippen LogP contribution in [0, 0.1) is 0 Å². The summed E-state index contributed by atoms with van der Waals surface area (Å²) < 4.78 is 0. The lowest BCUT2D eigenvalue weighted by atomic mass is 10.1. The normalized spacial score (nSPS) is 10.1. The molecule has 0 spiro atoms. The number of carbonyl (C=O) groups excluding carboxylic acids is 3. The predicted molar refractivity (Wildman–Crippen MR) is 84.7 cm³/mol. The summed E-state index contributed by atoms with van der Waals surface area (Å²) >= 11 is 1.14. The van der Waals surface area contributed by atoms with Gasteiger partial charge in [-0.15, -0.1) is 0 Å². The fourth-order valence-electron chi connectivity index (χ4n) is 1.97. The molecule has 0 aliphatic carbocycles. The minimum absolute atomic E-state index is 0.237. The van der Waals surface area contributed by atoms with Gasteiger partial charge in [0.15, 0.2) is 11.4 Å². The molecule has 2 rings (SSSR count). The van der Waals surface area contributed by atoms with E-state index < -0.39 is 6.09 Å². The average molecular weight is 332 g/mol. The molecule has 0 bridgehead atoms. The Morgan fingerprint density at radius 3 is 2.48 bits per heavy atom. The number of aldehydes is 1. The van der Waals surface area contributed by atoms with Crippen molar-refractivity contribution in [3.8, 4) is 0 Å². The Labute approximate surface area is 136 Å². The number of carboxylic acid groups (broad SMARTS) is 1. The van der Waals surface area contributed by atoms with E-state index in [1.54, 1.807) is 24.3 Å². The summed E-state index contributed by atoms with van der Waals surface area (Å²) in [6.45, 7) is 1.38. The Morgan fingerprint density at radius 2 is 1.91 bits per heavy atom. The Hall–Kier alpha value is -2.74. The van der Waals surface area contributed by atoms with E-state index in [0.717, 1.165) is 23.2 Å². The van der Waals surface area contributed by atoms with Crippen molar-refractivity contribution in [1.82, 2.24) is 4.98 Å². The van der Waals surface area contributed by atoms with Crippen molar-refractivity contribution in [2.45, 2.75) is 19.8 Å². The third-order valence-corrected chi connectivity index (χ3v) is 3.91. The van der Waals surface area contributed by atoms with E-state index >= 15 is 0 Å². The van der Waals surface area contributed by atoms with Crippen LogP contribution in [0.1, 0.15) is 27.9 Å². The van der Waals surface area contributed by atoms with Crippen molar-refractivity contribution in [3.63, 3.8) is 0 Å². The first kappa shape index (κ1) is 16.6. The summed E-state index contributed by atoms with van der Waals surface area (Å²) in [5.41, 5.74) is 2.04. The zero-order valence-corrected chi connectivity index (χ0v) is 13.1. The number of hydrogen-bond acceptors (Lipinski definition) is 6. The van der Waals surface area contributed by atoms with Crippen LogP contribution < -0.4 is 15.7 Å². The zero-order valence-electron chi connectivity index (χ0n) is 12.3. The maximum absolute atomic E-state index is 11.1. The number of nitrogens with one attached hydrogen (secondary N) is 2. The number of rotatable bonds is 6. The molecule has 2 amide bonds. The molecule has 1 aromatic heterocycles. The van der Waals surface area contributed by atoms with Crippen LogP contribution in [0.25, 0.3) is 0 Å². The van der Waals surface area contributed by atoms with Crippen LogP contribution in [0.15, 0.2) is 24.3 Å². The predicted octanol–water partition coefficient (Wildman–Crippen LogP) is 1.45. The zero-order chi connectivity index (χ0) is 16.8. The fraction of sp³-hybridized carbons (Fsp3) is 0.200. The van der Waals surface area contributed by atoms with Gasteiger partial charge in [0.1, 0.15) is 6.09 Å². The van der Waals surface area contributed by atoms with Crippen molar-refractivity contribution < 1.29 is 19.5 Å². The highest BCUT2D eigenvalue weighted by Gasteiger charge is 2.11. The first-order chi connectivity index (χ1) is 11.0. The van der Waals surface area contributed by atoms with E-state index in [1.165, 1.54) is 6.92 Å². The van der Waals surface area contributed by atoms with Crippen LogP contribution in [0.4, 0.5) is 15.6 Å². The van der Waals surface area contributed by atoms with Crippen LogP contribution >= 0.6 is 11.3 Å². The molecular formula is C15H14N3O4S-. The van der Waals surface area contributed by atoms with Crippen LogP contribution in [0.2, 0.25) is 0 Å². The number of aromatic nitrogens is 1. The Kier molecular flexibility index (Phi) is 5.42. The van der Waals surface area contributed by atoms with Crippen molar-refractivity contribution in [2.24, 2.45) is 0 Å². The van der Waals surface area contributed by atoms with Crippen molar-refractivity contribution in [3.05, 3.63) is 40.4 Å². The topological polar surface area (TPSA) is 111 Å². The smallest absolute Gasteiger partial charge is 0.223 e. The molecule has 0 atom stereocenters. The van der Waals surface area contributed by atoms with Gasteiger partial charge in [-0.25, -0.2) is 4.98 Å². The number of benzene rings is 1. The van der Waals surface area contributed by atoms with Gasteiger partial charge < -0.3 is 20.5 Å². The maximum Gasteiger partial charge on any atom is 0.223 e. The molecule has 2 N–H and O–H groups in total. The molecule has 120 valence electrons. The molecule has 1 heterocycles. The summed E-state index contributed by atoms with van der Waals surface area (Å²) in [7, 11) is 0. The number of nitrogens with zero attached hydrogens (tertiary/aromatic N) is 1. The average Bonchev–Trinajstić information content (AvgIpc) is 2.87. The van der Waals surface area contributed by atoms with Gasteiger partial charge in [0.05, 0.1) is 10.6 Å². The van der Waals surface area contributed by atoms with Gasteiger partial charge in [0.2, 0.25) is 5.91 Å². The van der Waals surface area contributed by atoms with Crippen LogP contribution in [-0.4, -0.2) is 23.3 Å². The lowest BCUT2D eigenvalue weighted by Gasteiger charge is -2.07. The summed E-state index contributed by atoms with van der Waals surface area (Å²) in [5, 5.41) is 15.5.